The van der Waals surface area contributed by atoms with Crippen molar-refractivity contribution in [2.24, 2.45) is 0 Å². The Balaban J connectivity index is 1.33. The van der Waals surface area contributed by atoms with Crippen LogP contribution in [-0.4, -0.2) is 65.8 Å². The molecule has 2 N–H and O–H groups in total. The third-order valence-corrected chi connectivity index (χ3v) is 6.83. The molecule has 1 aliphatic carbocycles. The fourth-order valence-corrected chi connectivity index (χ4v) is 4.96. The lowest BCUT2D eigenvalue weighted by Gasteiger charge is -2.40. The normalized spacial score (nSPS) is 29.4. The van der Waals surface area contributed by atoms with Crippen LogP contribution >= 0.6 is 11.6 Å². The smallest absolute Gasteiger partial charge is 0.142 e. The van der Waals surface area contributed by atoms with E-state index in [-0.39, 0.29) is 18.2 Å². The molecule has 2 aliphatic rings. The molecule has 1 saturated carbocycles. The van der Waals surface area contributed by atoms with Gasteiger partial charge in [-0.15, -0.1) is 0 Å². The highest BCUT2D eigenvalue weighted by atomic mass is 35.5. The van der Waals surface area contributed by atoms with Gasteiger partial charge in [-0.1, -0.05) is 41.9 Å². The Bertz CT molecular complexity index is 891. The third-order valence-electron chi connectivity index (χ3n) is 6.54. The molecule has 2 aromatic rings. The van der Waals surface area contributed by atoms with Crippen molar-refractivity contribution in [3.63, 3.8) is 0 Å². The Morgan fingerprint density at radius 2 is 1.84 bits per heavy atom. The Morgan fingerprint density at radius 1 is 1.09 bits per heavy atom. The first-order valence-corrected chi connectivity index (χ1v) is 11.6. The van der Waals surface area contributed by atoms with Crippen LogP contribution in [0.1, 0.15) is 37.2 Å². The Morgan fingerprint density at radius 3 is 2.56 bits per heavy atom. The van der Waals surface area contributed by atoms with Crippen molar-refractivity contribution < 1.29 is 24.1 Å². The third kappa shape index (κ3) is 6.00. The van der Waals surface area contributed by atoms with Crippen molar-refractivity contribution in [2.45, 2.75) is 42.8 Å². The summed E-state index contributed by atoms with van der Waals surface area (Å²) in [5, 5.41) is 22.4. The first-order valence-electron chi connectivity index (χ1n) is 11.2. The molecular weight excluding hydrogens is 433 g/mol. The van der Waals surface area contributed by atoms with E-state index in [0.29, 0.717) is 37.9 Å². The average molecular weight is 464 g/mol. The highest BCUT2D eigenvalue weighted by Gasteiger charge is 2.39. The van der Waals surface area contributed by atoms with E-state index in [1.54, 1.807) is 0 Å². The summed E-state index contributed by atoms with van der Waals surface area (Å²) in [5.41, 5.74) is -0.679. The lowest BCUT2D eigenvalue weighted by Crippen LogP contribution is -2.53. The molecule has 0 aromatic heterocycles. The first-order chi connectivity index (χ1) is 15.3. The van der Waals surface area contributed by atoms with E-state index in [0.717, 1.165) is 25.7 Å². The lowest BCUT2D eigenvalue weighted by molar-refractivity contribution is -0.0766. The van der Waals surface area contributed by atoms with E-state index < -0.39 is 17.0 Å². The number of rotatable bonds is 6. The Kier molecular flexibility index (Phi) is 7.37. The van der Waals surface area contributed by atoms with Gasteiger partial charge in [-0.3, -0.25) is 4.90 Å². The molecule has 32 heavy (non-hydrogen) atoms. The van der Waals surface area contributed by atoms with E-state index >= 15 is 0 Å². The van der Waals surface area contributed by atoms with Gasteiger partial charge in [-0.2, -0.15) is 0 Å². The number of benzene rings is 2. The second kappa shape index (κ2) is 10.1. The number of β-amino-alcohol motifs (C(OH)–C–C–N with tert-alkyl or cyclic N) is 2. The zero-order chi connectivity index (χ0) is 22.6. The van der Waals surface area contributed by atoms with Gasteiger partial charge in [0.1, 0.15) is 23.8 Å². The Labute approximate surface area is 193 Å². The number of hydrogen-bond acceptors (Lipinski definition) is 5. The van der Waals surface area contributed by atoms with Gasteiger partial charge < -0.3 is 19.7 Å². The first kappa shape index (κ1) is 23.5. The molecule has 0 amide bonds. The number of ether oxygens (including phenoxy) is 2. The van der Waals surface area contributed by atoms with Gasteiger partial charge in [0, 0.05) is 25.7 Å². The van der Waals surface area contributed by atoms with E-state index in [9.17, 15) is 14.6 Å². The number of halogens is 2. The lowest BCUT2D eigenvalue weighted by atomic mass is 9.76. The van der Waals surface area contributed by atoms with E-state index in [4.69, 9.17) is 21.1 Å². The molecule has 0 bridgehead atoms. The Hall–Kier alpha value is -1.70. The SMILES string of the molecule is OC1(CN2CCOCC(O)(COc3ccc(F)c(Cl)c3)C2)CCC(c2ccccc2)CC1. The minimum atomic E-state index is -1.24. The van der Waals surface area contributed by atoms with Gasteiger partial charge in [0.2, 0.25) is 0 Å². The summed E-state index contributed by atoms with van der Waals surface area (Å²) in [6.45, 7) is 2.05. The summed E-state index contributed by atoms with van der Waals surface area (Å²) in [4.78, 5) is 2.07. The van der Waals surface area contributed by atoms with Crippen LogP contribution in [-0.2, 0) is 4.74 Å². The second-order valence-corrected chi connectivity index (χ2v) is 9.67. The zero-order valence-corrected chi connectivity index (χ0v) is 18.9. The van der Waals surface area contributed by atoms with Gasteiger partial charge in [0.25, 0.3) is 0 Å². The van der Waals surface area contributed by atoms with Crippen LogP contribution in [0.2, 0.25) is 5.02 Å². The summed E-state index contributed by atoms with van der Waals surface area (Å²) >= 11 is 5.81. The molecule has 4 rings (SSSR count). The van der Waals surface area contributed by atoms with Crippen molar-refractivity contribution in [2.75, 3.05) is 39.5 Å². The maximum atomic E-state index is 13.4. The second-order valence-electron chi connectivity index (χ2n) is 9.26. The van der Waals surface area contributed by atoms with Gasteiger partial charge in [-0.05, 0) is 49.3 Å². The van der Waals surface area contributed by atoms with Crippen molar-refractivity contribution in [3.8, 4) is 5.75 Å². The molecule has 2 aromatic carbocycles. The largest absolute Gasteiger partial charge is 0.490 e. The average Bonchev–Trinajstić information content (AvgIpc) is 2.97. The molecular formula is C25H31ClFNO4. The number of nitrogens with zero attached hydrogens (tertiary/aromatic N) is 1. The summed E-state index contributed by atoms with van der Waals surface area (Å²) in [7, 11) is 0. The minimum Gasteiger partial charge on any atom is -0.490 e. The fraction of sp³-hybridized carbons (Fsp3) is 0.520. The van der Waals surface area contributed by atoms with Crippen LogP contribution in [0.3, 0.4) is 0 Å². The van der Waals surface area contributed by atoms with E-state index in [1.165, 1.54) is 23.8 Å². The van der Waals surface area contributed by atoms with Gasteiger partial charge in [-0.25, -0.2) is 4.39 Å². The van der Waals surface area contributed by atoms with Gasteiger partial charge >= 0.3 is 0 Å². The number of aliphatic hydroxyl groups is 2. The molecule has 1 heterocycles. The maximum Gasteiger partial charge on any atom is 0.142 e. The predicted molar refractivity (Wildman–Crippen MR) is 122 cm³/mol. The molecule has 1 saturated heterocycles. The summed E-state index contributed by atoms with van der Waals surface area (Å²) in [6, 6.07) is 14.6. The van der Waals surface area contributed by atoms with Crippen LogP contribution in [0.15, 0.2) is 48.5 Å². The molecule has 7 heteroatoms. The summed E-state index contributed by atoms with van der Waals surface area (Å²) < 4.78 is 24.7. The molecule has 5 nitrogen and oxygen atoms in total. The maximum absolute atomic E-state index is 13.4. The molecule has 1 unspecified atom stereocenters. The quantitative estimate of drug-likeness (QED) is 0.677. The van der Waals surface area contributed by atoms with Gasteiger partial charge in [0.05, 0.1) is 23.8 Å². The van der Waals surface area contributed by atoms with E-state index in [1.807, 2.05) is 6.07 Å². The predicted octanol–water partition coefficient (Wildman–Crippen LogP) is 4.01. The van der Waals surface area contributed by atoms with E-state index in [2.05, 4.69) is 29.2 Å². The molecule has 174 valence electrons. The fourth-order valence-electron chi connectivity index (χ4n) is 4.79. The summed E-state index contributed by atoms with van der Waals surface area (Å²) in [5.74, 6) is 0.354. The van der Waals surface area contributed by atoms with Gasteiger partial charge in [0.15, 0.2) is 0 Å². The standard InChI is InChI=1S/C25H31ClFNO4/c26-22-14-21(6-7-23(22)27)32-18-25(30)16-28(12-13-31-17-25)15-24(29)10-8-20(9-11-24)19-4-2-1-3-5-19/h1-7,14,20,29-30H,8-13,15-18H2. The minimum absolute atomic E-state index is 0.0139. The highest BCUT2D eigenvalue weighted by Crippen LogP contribution is 2.38. The van der Waals surface area contributed by atoms with Crippen LogP contribution in [0.25, 0.3) is 0 Å². The molecule has 0 spiro atoms. The molecule has 2 fully saturated rings. The van der Waals surface area contributed by atoms with Crippen LogP contribution in [0.4, 0.5) is 4.39 Å². The summed E-state index contributed by atoms with van der Waals surface area (Å²) in [6.07, 6.45) is 3.35. The van der Waals surface area contributed by atoms with Crippen LogP contribution in [0.5, 0.6) is 5.75 Å². The molecule has 1 atom stereocenters. The topological polar surface area (TPSA) is 62.2 Å². The monoisotopic (exact) mass is 463 g/mol. The van der Waals surface area contributed by atoms with Crippen LogP contribution in [0, 0.1) is 5.82 Å². The highest BCUT2D eigenvalue weighted by molar-refractivity contribution is 6.30. The molecule has 1 aliphatic heterocycles. The van der Waals surface area contributed by atoms with Crippen molar-refractivity contribution >= 4 is 11.6 Å². The van der Waals surface area contributed by atoms with Crippen molar-refractivity contribution in [1.82, 2.24) is 4.90 Å². The van der Waals surface area contributed by atoms with Crippen molar-refractivity contribution in [1.29, 1.82) is 0 Å². The van der Waals surface area contributed by atoms with Crippen LogP contribution < -0.4 is 4.74 Å². The van der Waals surface area contributed by atoms with Crippen molar-refractivity contribution in [3.05, 3.63) is 64.9 Å². The number of hydrogen-bond donors (Lipinski definition) is 2. The molecule has 0 radical (unpaired) electrons. The zero-order valence-electron chi connectivity index (χ0n) is 18.2.